The number of fused-ring (bicyclic) bond motifs is 1. The van der Waals surface area contributed by atoms with Gasteiger partial charge in [0.1, 0.15) is 5.65 Å². The van der Waals surface area contributed by atoms with Crippen LogP contribution < -0.4 is 5.32 Å². The second-order valence-corrected chi connectivity index (χ2v) is 7.83. The Bertz CT molecular complexity index is 721. The second kappa shape index (κ2) is 6.55. The van der Waals surface area contributed by atoms with E-state index >= 15 is 0 Å². The highest BCUT2D eigenvalue weighted by Crippen LogP contribution is 2.20. The van der Waals surface area contributed by atoms with Gasteiger partial charge in [-0.3, -0.25) is 9.69 Å². The Kier molecular flexibility index (Phi) is 4.63. The number of carbonyl (C=O) groups is 1. The molecule has 0 unspecified atom stereocenters. The predicted molar refractivity (Wildman–Crippen MR) is 96.1 cm³/mol. The van der Waals surface area contributed by atoms with E-state index in [-0.39, 0.29) is 17.5 Å². The summed E-state index contributed by atoms with van der Waals surface area (Å²) in [6, 6.07) is 4.32. The number of imidazole rings is 1. The van der Waals surface area contributed by atoms with Crippen molar-refractivity contribution >= 4 is 11.6 Å². The van der Waals surface area contributed by atoms with Crippen molar-refractivity contribution in [1.82, 2.24) is 19.6 Å². The largest absolute Gasteiger partial charge is 0.353 e. The molecule has 1 amide bonds. The highest BCUT2D eigenvalue weighted by atomic mass is 16.1. The molecule has 0 aliphatic carbocycles. The number of hydrogen-bond donors (Lipinski definition) is 1. The molecule has 2 aromatic heterocycles. The number of rotatable bonds is 3. The van der Waals surface area contributed by atoms with Crippen LogP contribution in [0.2, 0.25) is 0 Å². The van der Waals surface area contributed by atoms with E-state index in [0.717, 1.165) is 42.8 Å². The summed E-state index contributed by atoms with van der Waals surface area (Å²) in [5.41, 5.74) is 3.09. The minimum Gasteiger partial charge on any atom is -0.353 e. The lowest BCUT2D eigenvalue weighted by Crippen LogP contribution is -2.51. The maximum atomic E-state index is 12.3. The standard InChI is InChI=1S/C19H28N4O/c1-14-6-5-9-22-13-16(21-18(14)22)12-17(24)20-15-7-10-23(11-8-15)19(2,3)4/h5-6,9,13,15H,7-8,10-12H2,1-4H3,(H,20,24). The van der Waals surface area contributed by atoms with Crippen LogP contribution in [0.1, 0.15) is 44.9 Å². The topological polar surface area (TPSA) is 49.6 Å². The summed E-state index contributed by atoms with van der Waals surface area (Å²) in [5.74, 6) is 0.0743. The van der Waals surface area contributed by atoms with Gasteiger partial charge in [0.2, 0.25) is 5.91 Å². The zero-order valence-corrected chi connectivity index (χ0v) is 15.2. The molecule has 1 aliphatic heterocycles. The van der Waals surface area contributed by atoms with Crippen molar-refractivity contribution < 1.29 is 4.79 Å². The molecule has 5 heteroatoms. The van der Waals surface area contributed by atoms with Crippen molar-refractivity contribution in [2.24, 2.45) is 0 Å². The predicted octanol–water partition coefficient (Wildman–Crippen LogP) is 2.56. The van der Waals surface area contributed by atoms with E-state index in [1.54, 1.807) is 0 Å². The fraction of sp³-hybridized carbons (Fsp3) is 0.579. The molecule has 3 heterocycles. The molecular formula is C19H28N4O. The first-order valence-corrected chi connectivity index (χ1v) is 8.80. The van der Waals surface area contributed by atoms with Gasteiger partial charge in [0, 0.05) is 37.1 Å². The first kappa shape index (κ1) is 17.0. The molecule has 3 rings (SSSR count). The SMILES string of the molecule is Cc1cccn2cc(CC(=O)NC3CCN(C(C)(C)C)CC3)nc12. The Labute approximate surface area is 144 Å². The number of aryl methyl sites for hydroxylation is 1. The van der Waals surface area contributed by atoms with E-state index < -0.39 is 0 Å². The smallest absolute Gasteiger partial charge is 0.226 e. The minimum absolute atomic E-state index is 0.0743. The van der Waals surface area contributed by atoms with Crippen LogP contribution in [0.3, 0.4) is 0 Å². The average Bonchev–Trinajstić information content (AvgIpc) is 2.90. The molecule has 0 atom stereocenters. The fourth-order valence-corrected chi connectivity index (χ4v) is 3.43. The number of carbonyl (C=O) groups excluding carboxylic acids is 1. The number of nitrogens with zero attached hydrogens (tertiary/aromatic N) is 3. The van der Waals surface area contributed by atoms with Crippen LogP contribution in [-0.4, -0.2) is 44.9 Å². The van der Waals surface area contributed by atoms with Crippen LogP contribution in [-0.2, 0) is 11.2 Å². The molecule has 1 N–H and O–H groups in total. The van der Waals surface area contributed by atoms with Gasteiger partial charge >= 0.3 is 0 Å². The van der Waals surface area contributed by atoms with Crippen LogP contribution in [0.15, 0.2) is 24.5 Å². The fourth-order valence-electron chi connectivity index (χ4n) is 3.43. The van der Waals surface area contributed by atoms with Crippen LogP contribution in [0.25, 0.3) is 5.65 Å². The van der Waals surface area contributed by atoms with Gasteiger partial charge in [0.25, 0.3) is 0 Å². The summed E-state index contributed by atoms with van der Waals surface area (Å²) >= 11 is 0. The quantitative estimate of drug-likeness (QED) is 0.942. The summed E-state index contributed by atoms with van der Waals surface area (Å²) in [4.78, 5) is 19.4. The molecular weight excluding hydrogens is 300 g/mol. The zero-order chi connectivity index (χ0) is 17.3. The van der Waals surface area contributed by atoms with Crippen LogP contribution in [0, 0.1) is 6.92 Å². The van der Waals surface area contributed by atoms with E-state index in [0.29, 0.717) is 6.42 Å². The number of amides is 1. The minimum atomic E-state index is 0.0743. The molecule has 0 radical (unpaired) electrons. The maximum absolute atomic E-state index is 12.3. The Balaban J connectivity index is 1.55. The second-order valence-electron chi connectivity index (χ2n) is 7.83. The number of aromatic nitrogens is 2. The zero-order valence-electron chi connectivity index (χ0n) is 15.2. The van der Waals surface area contributed by atoms with Crippen molar-refractivity contribution in [3.8, 4) is 0 Å². The molecule has 130 valence electrons. The Morgan fingerprint density at radius 1 is 1.33 bits per heavy atom. The van der Waals surface area contributed by atoms with Crippen LogP contribution in [0.5, 0.6) is 0 Å². The third-order valence-electron chi connectivity index (χ3n) is 4.88. The lowest BCUT2D eigenvalue weighted by molar-refractivity contribution is -0.121. The molecule has 0 aromatic carbocycles. The van der Waals surface area contributed by atoms with Gasteiger partial charge in [0.05, 0.1) is 12.1 Å². The van der Waals surface area contributed by atoms with E-state index in [1.165, 1.54) is 0 Å². The normalized spacial score (nSPS) is 17.3. The molecule has 1 saturated heterocycles. The molecule has 1 aliphatic rings. The first-order chi connectivity index (χ1) is 11.3. The summed E-state index contributed by atoms with van der Waals surface area (Å²) < 4.78 is 1.99. The van der Waals surface area contributed by atoms with Gasteiger partial charge in [-0.05, 0) is 52.2 Å². The molecule has 0 spiro atoms. The molecule has 5 nitrogen and oxygen atoms in total. The number of hydrogen-bond acceptors (Lipinski definition) is 3. The third kappa shape index (κ3) is 3.78. The van der Waals surface area contributed by atoms with Crippen LogP contribution >= 0.6 is 0 Å². The van der Waals surface area contributed by atoms with E-state index in [1.807, 2.05) is 35.9 Å². The first-order valence-electron chi connectivity index (χ1n) is 8.80. The highest BCUT2D eigenvalue weighted by Gasteiger charge is 2.27. The molecule has 2 aromatic rings. The molecule has 0 saturated carbocycles. The Hall–Kier alpha value is -1.88. The van der Waals surface area contributed by atoms with E-state index in [9.17, 15) is 4.79 Å². The Morgan fingerprint density at radius 3 is 2.67 bits per heavy atom. The van der Waals surface area contributed by atoms with Crippen LogP contribution in [0.4, 0.5) is 0 Å². The molecule has 0 bridgehead atoms. The van der Waals surface area contributed by atoms with Gasteiger partial charge in [-0.2, -0.15) is 0 Å². The van der Waals surface area contributed by atoms with Gasteiger partial charge in [0.15, 0.2) is 0 Å². The third-order valence-corrected chi connectivity index (χ3v) is 4.88. The summed E-state index contributed by atoms with van der Waals surface area (Å²) in [7, 11) is 0. The molecule has 24 heavy (non-hydrogen) atoms. The number of pyridine rings is 1. The highest BCUT2D eigenvalue weighted by molar-refractivity contribution is 5.78. The maximum Gasteiger partial charge on any atom is 0.226 e. The van der Waals surface area contributed by atoms with Gasteiger partial charge < -0.3 is 9.72 Å². The monoisotopic (exact) mass is 328 g/mol. The van der Waals surface area contributed by atoms with Gasteiger partial charge in [-0.1, -0.05) is 6.07 Å². The number of nitrogens with one attached hydrogen (secondary N) is 1. The Morgan fingerprint density at radius 2 is 2.04 bits per heavy atom. The lowest BCUT2D eigenvalue weighted by Gasteiger charge is -2.41. The number of likely N-dealkylation sites (tertiary alicyclic amines) is 1. The lowest BCUT2D eigenvalue weighted by atomic mass is 9.98. The van der Waals surface area contributed by atoms with Gasteiger partial charge in [-0.15, -0.1) is 0 Å². The van der Waals surface area contributed by atoms with E-state index in [2.05, 4.69) is 36.0 Å². The average molecular weight is 328 g/mol. The summed E-state index contributed by atoms with van der Waals surface area (Å²) in [6.45, 7) is 10.9. The summed E-state index contributed by atoms with van der Waals surface area (Å²) in [5, 5.41) is 3.18. The van der Waals surface area contributed by atoms with Gasteiger partial charge in [-0.25, -0.2) is 4.98 Å². The molecule has 1 fully saturated rings. The van der Waals surface area contributed by atoms with Crippen molar-refractivity contribution in [3.63, 3.8) is 0 Å². The number of piperidine rings is 1. The van der Waals surface area contributed by atoms with E-state index in [4.69, 9.17) is 0 Å². The van der Waals surface area contributed by atoms with Crippen molar-refractivity contribution in [3.05, 3.63) is 35.8 Å². The van der Waals surface area contributed by atoms with Crippen molar-refractivity contribution in [1.29, 1.82) is 0 Å². The van der Waals surface area contributed by atoms with Crippen molar-refractivity contribution in [2.75, 3.05) is 13.1 Å². The van der Waals surface area contributed by atoms with Crippen molar-refractivity contribution in [2.45, 2.75) is 58.5 Å². The summed E-state index contributed by atoms with van der Waals surface area (Å²) in [6.07, 6.45) is 6.31.